The third-order valence-electron chi connectivity index (χ3n) is 6.13. The second-order valence-corrected chi connectivity index (χ2v) is 8.82. The summed E-state index contributed by atoms with van der Waals surface area (Å²) in [5.74, 6) is 1.32. The van der Waals surface area contributed by atoms with Crippen molar-refractivity contribution in [2.45, 2.75) is 46.6 Å². The quantitative estimate of drug-likeness (QED) is 0.754. The molecular formula is C25H37N2O2+. The fourth-order valence-corrected chi connectivity index (χ4v) is 4.17. The maximum atomic E-state index is 10.6. The Kier molecular flexibility index (Phi) is 7.20. The number of rotatable bonds is 7. The summed E-state index contributed by atoms with van der Waals surface area (Å²) < 4.78 is 6.03. The SMILES string of the molecule is Cc1ccc(C(C)C)c(OC[C@H](O)C[NH+]2CCN(c3cccc(C)c3C)CC2)c1. The average Bonchev–Trinajstić information content (AvgIpc) is 2.69. The van der Waals surface area contributed by atoms with Gasteiger partial charge < -0.3 is 19.6 Å². The number of anilines is 1. The van der Waals surface area contributed by atoms with Gasteiger partial charge in [-0.25, -0.2) is 0 Å². The normalized spacial score (nSPS) is 16.3. The highest BCUT2D eigenvalue weighted by Crippen LogP contribution is 2.27. The van der Waals surface area contributed by atoms with Gasteiger partial charge in [0.05, 0.1) is 26.2 Å². The number of nitrogens with zero attached hydrogens (tertiary/aromatic N) is 1. The van der Waals surface area contributed by atoms with E-state index in [1.807, 2.05) is 0 Å². The third kappa shape index (κ3) is 5.52. The zero-order chi connectivity index (χ0) is 21.0. The Morgan fingerprint density at radius 2 is 1.79 bits per heavy atom. The largest absolute Gasteiger partial charge is 0.490 e. The van der Waals surface area contributed by atoms with Crippen molar-refractivity contribution in [2.75, 3.05) is 44.2 Å². The third-order valence-corrected chi connectivity index (χ3v) is 6.13. The summed E-state index contributed by atoms with van der Waals surface area (Å²) in [4.78, 5) is 3.94. The van der Waals surface area contributed by atoms with E-state index in [-0.39, 0.29) is 0 Å². The molecule has 0 bridgehead atoms. The number of hydrogen-bond acceptors (Lipinski definition) is 3. The Balaban J connectivity index is 1.50. The van der Waals surface area contributed by atoms with E-state index in [1.165, 1.54) is 32.8 Å². The molecule has 0 amide bonds. The number of benzene rings is 2. The van der Waals surface area contributed by atoms with Gasteiger partial charge in [0, 0.05) is 5.69 Å². The Hall–Kier alpha value is -2.04. The van der Waals surface area contributed by atoms with Gasteiger partial charge in [-0.05, 0) is 61.1 Å². The lowest BCUT2D eigenvalue weighted by molar-refractivity contribution is -0.903. The first-order chi connectivity index (χ1) is 13.8. The number of quaternary nitrogens is 1. The van der Waals surface area contributed by atoms with Crippen LogP contribution in [0.3, 0.4) is 0 Å². The Morgan fingerprint density at radius 1 is 1.07 bits per heavy atom. The zero-order valence-corrected chi connectivity index (χ0v) is 18.7. The molecule has 1 fully saturated rings. The number of aliphatic hydroxyl groups is 1. The number of aliphatic hydroxyl groups excluding tert-OH is 1. The lowest BCUT2D eigenvalue weighted by atomic mass is 10.0. The first kappa shape index (κ1) is 21.7. The molecule has 0 spiro atoms. The van der Waals surface area contributed by atoms with Gasteiger partial charge in [0.2, 0.25) is 0 Å². The van der Waals surface area contributed by atoms with Crippen LogP contribution >= 0.6 is 0 Å². The summed E-state index contributed by atoms with van der Waals surface area (Å²) in [6.45, 7) is 16.1. The Morgan fingerprint density at radius 3 is 2.48 bits per heavy atom. The van der Waals surface area contributed by atoms with Gasteiger partial charge in [0.15, 0.2) is 0 Å². The van der Waals surface area contributed by atoms with Gasteiger partial charge in [0.25, 0.3) is 0 Å². The molecule has 158 valence electrons. The van der Waals surface area contributed by atoms with Gasteiger partial charge in [-0.15, -0.1) is 0 Å². The molecule has 4 heteroatoms. The van der Waals surface area contributed by atoms with Crippen LogP contribution in [-0.4, -0.2) is 50.5 Å². The van der Waals surface area contributed by atoms with E-state index in [0.29, 0.717) is 12.5 Å². The number of aryl methyl sites for hydroxylation is 2. The fourth-order valence-electron chi connectivity index (χ4n) is 4.17. The highest BCUT2D eigenvalue weighted by Gasteiger charge is 2.24. The van der Waals surface area contributed by atoms with Gasteiger partial charge >= 0.3 is 0 Å². The van der Waals surface area contributed by atoms with Crippen LogP contribution in [0, 0.1) is 20.8 Å². The lowest BCUT2D eigenvalue weighted by Gasteiger charge is -2.35. The van der Waals surface area contributed by atoms with Crippen molar-refractivity contribution in [1.82, 2.24) is 0 Å². The van der Waals surface area contributed by atoms with Crippen LogP contribution in [0.4, 0.5) is 5.69 Å². The summed E-state index contributed by atoms with van der Waals surface area (Å²) in [6, 6.07) is 12.9. The van der Waals surface area contributed by atoms with Crippen molar-refractivity contribution in [3.8, 4) is 5.75 Å². The molecule has 1 saturated heterocycles. The maximum Gasteiger partial charge on any atom is 0.137 e. The molecule has 1 aliphatic rings. The van der Waals surface area contributed by atoms with Gasteiger partial charge in [-0.3, -0.25) is 0 Å². The van der Waals surface area contributed by atoms with E-state index < -0.39 is 6.10 Å². The van der Waals surface area contributed by atoms with Crippen LogP contribution in [0.5, 0.6) is 5.75 Å². The first-order valence-corrected chi connectivity index (χ1v) is 10.9. The van der Waals surface area contributed by atoms with E-state index >= 15 is 0 Å². The number of nitrogens with one attached hydrogen (secondary N) is 1. The van der Waals surface area contributed by atoms with Gasteiger partial charge in [-0.1, -0.05) is 38.1 Å². The van der Waals surface area contributed by atoms with E-state index in [2.05, 4.69) is 75.9 Å². The molecule has 0 unspecified atom stereocenters. The molecule has 2 N–H and O–H groups in total. The average molecular weight is 398 g/mol. The molecule has 1 aliphatic heterocycles. The predicted octanol–water partition coefficient (Wildman–Crippen LogP) is 2.88. The molecule has 2 aromatic carbocycles. The van der Waals surface area contributed by atoms with Gasteiger partial charge in [0.1, 0.15) is 25.0 Å². The molecule has 29 heavy (non-hydrogen) atoms. The standard InChI is InChI=1S/C25H36N2O2/c1-18(2)23-10-9-19(3)15-25(23)29-17-22(28)16-26-11-13-27(14-12-26)24-8-6-7-20(4)21(24)5/h6-10,15,18,22,28H,11-14,16-17H2,1-5H3/p+1/t22-/m1/s1. The molecule has 0 saturated carbocycles. The molecule has 0 radical (unpaired) electrons. The summed E-state index contributed by atoms with van der Waals surface area (Å²) in [7, 11) is 0. The second-order valence-electron chi connectivity index (χ2n) is 8.82. The minimum atomic E-state index is -0.446. The summed E-state index contributed by atoms with van der Waals surface area (Å²) in [5.41, 5.74) is 6.48. The topological polar surface area (TPSA) is 37.1 Å². The molecular weight excluding hydrogens is 360 g/mol. The number of piperazine rings is 1. The van der Waals surface area contributed by atoms with Crippen molar-refractivity contribution < 1.29 is 14.7 Å². The van der Waals surface area contributed by atoms with Crippen LogP contribution in [0.15, 0.2) is 36.4 Å². The molecule has 3 rings (SSSR count). The Bertz CT molecular complexity index is 810. The minimum absolute atomic E-state index is 0.355. The van der Waals surface area contributed by atoms with E-state index in [0.717, 1.165) is 38.5 Å². The van der Waals surface area contributed by atoms with Crippen LogP contribution in [0.1, 0.15) is 42.0 Å². The highest BCUT2D eigenvalue weighted by molar-refractivity contribution is 5.56. The summed E-state index contributed by atoms with van der Waals surface area (Å²) in [5, 5.41) is 10.6. The number of hydrogen-bond donors (Lipinski definition) is 2. The van der Waals surface area contributed by atoms with Crippen molar-refractivity contribution in [3.05, 3.63) is 58.7 Å². The smallest absolute Gasteiger partial charge is 0.137 e. The first-order valence-electron chi connectivity index (χ1n) is 10.9. The van der Waals surface area contributed by atoms with E-state index in [1.54, 1.807) is 0 Å². The highest BCUT2D eigenvalue weighted by atomic mass is 16.5. The number of ether oxygens (including phenoxy) is 1. The van der Waals surface area contributed by atoms with Crippen molar-refractivity contribution in [2.24, 2.45) is 0 Å². The van der Waals surface area contributed by atoms with Crippen LogP contribution in [0.25, 0.3) is 0 Å². The summed E-state index contributed by atoms with van der Waals surface area (Å²) in [6.07, 6.45) is -0.446. The molecule has 2 aromatic rings. The lowest BCUT2D eigenvalue weighted by Crippen LogP contribution is -3.16. The Labute approximate surface area is 176 Å². The minimum Gasteiger partial charge on any atom is -0.490 e. The predicted molar refractivity (Wildman–Crippen MR) is 120 cm³/mol. The summed E-state index contributed by atoms with van der Waals surface area (Å²) >= 11 is 0. The fraction of sp³-hybridized carbons (Fsp3) is 0.520. The molecule has 1 heterocycles. The monoisotopic (exact) mass is 397 g/mol. The molecule has 0 aromatic heterocycles. The van der Waals surface area contributed by atoms with Crippen molar-refractivity contribution in [3.63, 3.8) is 0 Å². The zero-order valence-electron chi connectivity index (χ0n) is 18.7. The molecule has 1 atom stereocenters. The van der Waals surface area contributed by atoms with Crippen LogP contribution in [-0.2, 0) is 0 Å². The second kappa shape index (κ2) is 9.64. The van der Waals surface area contributed by atoms with Crippen LogP contribution in [0.2, 0.25) is 0 Å². The van der Waals surface area contributed by atoms with E-state index in [9.17, 15) is 5.11 Å². The van der Waals surface area contributed by atoms with Crippen molar-refractivity contribution >= 4 is 5.69 Å². The van der Waals surface area contributed by atoms with E-state index in [4.69, 9.17) is 4.74 Å². The molecule has 4 nitrogen and oxygen atoms in total. The van der Waals surface area contributed by atoms with Crippen LogP contribution < -0.4 is 14.5 Å². The molecule has 0 aliphatic carbocycles. The van der Waals surface area contributed by atoms with Gasteiger partial charge in [-0.2, -0.15) is 0 Å². The van der Waals surface area contributed by atoms with Crippen molar-refractivity contribution in [1.29, 1.82) is 0 Å². The maximum absolute atomic E-state index is 10.6.